The molecule has 1 fully saturated rings. The number of amides is 1. The maximum atomic E-state index is 13.3. The minimum Gasteiger partial charge on any atom is -0.348 e. The van der Waals surface area contributed by atoms with Crippen LogP contribution in [0, 0.1) is 12.7 Å². The number of hydrogen-bond acceptors (Lipinski definition) is 4. The van der Waals surface area contributed by atoms with E-state index in [0.717, 1.165) is 11.1 Å². The topological polar surface area (TPSA) is 81.1 Å². The van der Waals surface area contributed by atoms with Crippen LogP contribution in [-0.4, -0.2) is 41.7 Å². The molecule has 2 heterocycles. The molecule has 0 bridgehead atoms. The molecule has 0 spiro atoms. The van der Waals surface area contributed by atoms with Crippen molar-refractivity contribution in [1.29, 1.82) is 0 Å². The maximum Gasteiger partial charge on any atom is 0.255 e. The highest BCUT2D eigenvalue weighted by Crippen LogP contribution is 2.25. The summed E-state index contributed by atoms with van der Waals surface area (Å²) in [6, 6.07) is 13.0. The van der Waals surface area contributed by atoms with Crippen LogP contribution in [-0.2, 0) is 9.84 Å². The van der Waals surface area contributed by atoms with Crippen molar-refractivity contribution in [3.05, 3.63) is 71.7 Å². The quantitative estimate of drug-likeness (QED) is 0.713. The van der Waals surface area contributed by atoms with Gasteiger partial charge in [-0.3, -0.25) is 4.79 Å². The van der Waals surface area contributed by atoms with Crippen LogP contribution in [0.5, 0.6) is 0 Å². The summed E-state index contributed by atoms with van der Waals surface area (Å²) in [6.07, 6.45) is 1.99. The minimum atomic E-state index is -3.10. The maximum absolute atomic E-state index is 13.3. The zero-order chi connectivity index (χ0) is 20.6. The fourth-order valence-electron chi connectivity index (χ4n) is 3.36. The molecule has 0 radical (unpaired) electrons. The van der Waals surface area contributed by atoms with Crippen LogP contribution in [0.2, 0.25) is 0 Å². The van der Waals surface area contributed by atoms with Gasteiger partial charge < -0.3 is 5.32 Å². The van der Waals surface area contributed by atoms with Gasteiger partial charge in [0, 0.05) is 17.8 Å². The van der Waals surface area contributed by atoms with Gasteiger partial charge in [-0.2, -0.15) is 5.10 Å². The van der Waals surface area contributed by atoms with Gasteiger partial charge in [-0.05, 0) is 37.6 Å². The van der Waals surface area contributed by atoms with Crippen LogP contribution in [0.25, 0.3) is 16.9 Å². The highest BCUT2D eigenvalue weighted by atomic mass is 32.2. The number of rotatable bonds is 4. The van der Waals surface area contributed by atoms with E-state index in [1.54, 1.807) is 18.3 Å². The van der Waals surface area contributed by atoms with Crippen molar-refractivity contribution in [3.63, 3.8) is 0 Å². The first-order valence-corrected chi connectivity index (χ1v) is 11.1. The molecule has 0 aliphatic carbocycles. The number of carbonyl (C=O) groups excluding carboxylic acids is 1. The summed E-state index contributed by atoms with van der Waals surface area (Å²) in [4.78, 5) is 13.0. The van der Waals surface area contributed by atoms with Crippen molar-refractivity contribution in [2.75, 3.05) is 11.5 Å². The van der Waals surface area contributed by atoms with E-state index in [2.05, 4.69) is 10.4 Å². The summed E-state index contributed by atoms with van der Waals surface area (Å²) < 4.78 is 38.2. The molecule has 1 N–H and O–H groups in total. The largest absolute Gasteiger partial charge is 0.348 e. The monoisotopic (exact) mass is 413 g/mol. The number of nitrogens with one attached hydrogen (secondary N) is 1. The van der Waals surface area contributed by atoms with Gasteiger partial charge in [-0.25, -0.2) is 17.5 Å². The van der Waals surface area contributed by atoms with Crippen molar-refractivity contribution in [1.82, 2.24) is 15.1 Å². The SMILES string of the molecule is Cc1ccc(-c2nn(-c3ccc(F)cc3)cc2C(=O)NC2CCS(=O)(=O)C2)cc1. The van der Waals surface area contributed by atoms with Crippen LogP contribution in [0.1, 0.15) is 22.3 Å². The first-order valence-electron chi connectivity index (χ1n) is 9.25. The Kier molecular flexibility index (Phi) is 4.96. The highest BCUT2D eigenvalue weighted by molar-refractivity contribution is 7.91. The Balaban J connectivity index is 1.71. The average molecular weight is 413 g/mol. The van der Waals surface area contributed by atoms with E-state index in [0.29, 0.717) is 23.4 Å². The summed E-state index contributed by atoms with van der Waals surface area (Å²) in [5.41, 5.74) is 3.27. The van der Waals surface area contributed by atoms with Crippen LogP contribution < -0.4 is 5.32 Å². The number of nitrogens with zero attached hydrogens (tertiary/aromatic N) is 2. The fourth-order valence-corrected chi connectivity index (χ4v) is 5.04. The molecule has 4 rings (SSSR count). The second kappa shape index (κ2) is 7.44. The lowest BCUT2D eigenvalue weighted by Gasteiger charge is -2.10. The molecule has 8 heteroatoms. The predicted octanol–water partition coefficient (Wildman–Crippen LogP) is 2.90. The zero-order valence-electron chi connectivity index (χ0n) is 15.8. The molecule has 0 saturated carbocycles. The molecular formula is C21H20FN3O3S. The molecule has 6 nitrogen and oxygen atoms in total. The Hall–Kier alpha value is -3.00. The molecule has 3 aromatic rings. The molecule has 29 heavy (non-hydrogen) atoms. The van der Waals surface area contributed by atoms with Crippen molar-refractivity contribution < 1.29 is 17.6 Å². The second-order valence-corrected chi connectivity index (χ2v) is 9.48. The van der Waals surface area contributed by atoms with Gasteiger partial charge >= 0.3 is 0 Å². The minimum absolute atomic E-state index is 0.0509. The highest BCUT2D eigenvalue weighted by Gasteiger charge is 2.30. The number of halogens is 1. The van der Waals surface area contributed by atoms with E-state index in [1.807, 2.05) is 31.2 Å². The van der Waals surface area contributed by atoms with Gasteiger partial charge in [0.2, 0.25) is 0 Å². The molecule has 1 amide bonds. The lowest BCUT2D eigenvalue weighted by atomic mass is 10.1. The number of hydrogen-bond donors (Lipinski definition) is 1. The van der Waals surface area contributed by atoms with E-state index in [1.165, 1.54) is 16.8 Å². The molecule has 1 aromatic heterocycles. The predicted molar refractivity (Wildman–Crippen MR) is 108 cm³/mol. The standard InChI is InChI=1S/C21H20FN3O3S/c1-14-2-4-15(5-3-14)20-19(21(26)23-17-10-11-29(27,28)13-17)12-25(24-20)18-8-6-16(22)7-9-18/h2-9,12,17H,10-11,13H2,1H3,(H,23,26). The normalized spacial score (nSPS) is 17.9. The smallest absolute Gasteiger partial charge is 0.255 e. The molecule has 2 aromatic carbocycles. The molecule has 1 unspecified atom stereocenters. The Bertz CT molecular complexity index is 1150. The van der Waals surface area contributed by atoms with Gasteiger partial charge in [-0.15, -0.1) is 0 Å². The summed E-state index contributed by atoms with van der Waals surface area (Å²) in [5, 5.41) is 7.36. The summed E-state index contributed by atoms with van der Waals surface area (Å²) in [6.45, 7) is 1.97. The Morgan fingerprint density at radius 2 is 1.83 bits per heavy atom. The molecule has 1 atom stereocenters. The Labute approximate surface area is 168 Å². The summed E-state index contributed by atoms with van der Waals surface area (Å²) in [7, 11) is -3.10. The van der Waals surface area contributed by atoms with Gasteiger partial charge in [0.1, 0.15) is 11.5 Å². The first kappa shape index (κ1) is 19.3. The number of carbonyl (C=O) groups is 1. The van der Waals surface area contributed by atoms with E-state index in [9.17, 15) is 17.6 Å². The van der Waals surface area contributed by atoms with E-state index in [-0.39, 0.29) is 23.2 Å². The first-order chi connectivity index (χ1) is 13.8. The number of aryl methyl sites for hydroxylation is 1. The van der Waals surface area contributed by atoms with Crippen molar-refractivity contribution in [2.45, 2.75) is 19.4 Å². The van der Waals surface area contributed by atoms with Crippen molar-refractivity contribution >= 4 is 15.7 Å². The fraction of sp³-hybridized carbons (Fsp3) is 0.238. The number of benzene rings is 2. The van der Waals surface area contributed by atoms with Gasteiger partial charge in [0.15, 0.2) is 9.84 Å². The summed E-state index contributed by atoms with van der Waals surface area (Å²) in [5.74, 6) is -0.710. The lowest BCUT2D eigenvalue weighted by molar-refractivity contribution is 0.0942. The molecule has 1 aliphatic heterocycles. The Morgan fingerprint density at radius 1 is 1.14 bits per heavy atom. The van der Waals surface area contributed by atoms with Crippen molar-refractivity contribution in [2.24, 2.45) is 0 Å². The second-order valence-electron chi connectivity index (χ2n) is 7.25. The lowest BCUT2D eigenvalue weighted by Crippen LogP contribution is -2.35. The number of aromatic nitrogens is 2. The third-order valence-corrected chi connectivity index (χ3v) is 6.71. The third kappa shape index (κ3) is 4.22. The third-order valence-electron chi connectivity index (χ3n) is 4.94. The van der Waals surface area contributed by atoms with E-state index < -0.39 is 15.9 Å². The van der Waals surface area contributed by atoms with Crippen LogP contribution in [0.4, 0.5) is 4.39 Å². The van der Waals surface area contributed by atoms with Gasteiger partial charge in [-0.1, -0.05) is 29.8 Å². The van der Waals surface area contributed by atoms with E-state index in [4.69, 9.17) is 0 Å². The molecular weight excluding hydrogens is 393 g/mol. The van der Waals surface area contributed by atoms with Crippen LogP contribution in [0.15, 0.2) is 54.7 Å². The number of sulfone groups is 1. The van der Waals surface area contributed by atoms with Crippen LogP contribution >= 0.6 is 0 Å². The molecule has 1 saturated heterocycles. The Morgan fingerprint density at radius 3 is 2.45 bits per heavy atom. The molecule has 150 valence electrons. The average Bonchev–Trinajstić information content (AvgIpc) is 3.26. The van der Waals surface area contributed by atoms with Crippen LogP contribution in [0.3, 0.4) is 0 Å². The van der Waals surface area contributed by atoms with E-state index >= 15 is 0 Å². The summed E-state index contributed by atoms with van der Waals surface area (Å²) >= 11 is 0. The van der Waals surface area contributed by atoms with Gasteiger partial charge in [0.25, 0.3) is 5.91 Å². The molecule has 1 aliphatic rings. The van der Waals surface area contributed by atoms with Gasteiger partial charge in [0.05, 0.1) is 22.8 Å². The van der Waals surface area contributed by atoms with Crippen molar-refractivity contribution in [3.8, 4) is 16.9 Å². The zero-order valence-corrected chi connectivity index (χ0v) is 16.6.